The molecule has 3 N–H and O–H groups in total. The van der Waals surface area contributed by atoms with Gasteiger partial charge in [0.15, 0.2) is 0 Å². The Labute approximate surface area is 180 Å². The molecule has 7 nitrogen and oxygen atoms in total. The van der Waals surface area contributed by atoms with Gasteiger partial charge in [-0.2, -0.15) is 0 Å². The van der Waals surface area contributed by atoms with Crippen molar-refractivity contribution in [3.8, 4) is 11.5 Å². The highest BCUT2D eigenvalue weighted by atomic mass is 32.2. The summed E-state index contributed by atoms with van der Waals surface area (Å²) < 4.78 is 10.4. The fraction of sp³-hybridized carbons (Fsp3) is 0.364. The molecular weight excluding hydrogens is 402 g/mol. The number of carbonyl (C=O) groups is 2. The Hall–Kier alpha value is -2.71. The van der Waals surface area contributed by atoms with E-state index in [9.17, 15) is 9.59 Å². The van der Waals surface area contributed by atoms with Crippen LogP contribution in [-0.4, -0.2) is 37.6 Å². The van der Waals surface area contributed by atoms with Crippen LogP contribution in [0.5, 0.6) is 11.5 Å². The molecule has 0 radical (unpaired) electrons. The van der Waals surface area contributed by atoms with Crippen LogP contribution >= 0.6 is 11.8 Å². The number of benzene rings is 2. The molecule has 8 heteroatoms. The zero-order chi connectivity index (χ0) is 21.3. The van der Waals surface area contributed by atoms with E-state index in [0.29, 0.717) is 12.3 Å². The van der Waals surface area contributed by atoms with Gasteiger partial charge in [-0.3, -0.25) is 14.9 Å². The molecule has 0 saturated carbocycles. The minimum Gasteiger partial charge on any atom is -0.497 e. The number of rotatable bonds is 9. The lowest BCUT2D eigenvalue weighted by molar-refractivity contribution is -0.125. The van der Waals surface area contributed by atoms with Gasteiger partial charge in [-0.1, -0.05) is 24.3 Å². The maximum Gasteiger partial charge on any atom is 0.223 e. The van der Waals surface area contributed by atoms with E-state index >= 15 is 0 Å². The predicted molar refractivity (Wildman–Crippen MR) is 117 cm³/mol. The number of hydrogen-bond donors (Lipinski definition) is 3. The van der Waals surface area contributed by atoms with Crippen LogP contribution in [0, 0.1) is 0 Å². The Morgan fingerprint density at radius 2 is 1.87 bits per heavy atom. The van der Waals surface area contributed by atoms with Crippen molar-refractivity contribution < 1.29 is 19.1 Å². The van der Waals surface area contributed by atoms with Crippen LogP contribution in [0.25, 0.3) is 0 Å². The first-order chi connectivity index (χ1) is 14.6. The maximum absolute atomic E-state index is 12.3. The van der Waals surface area contributed by atoms with Gasteiger partial charge in [0.1, 0.15) is 17.0 Å². The van der Waals surface area contributed by atoms with E-state index in [1.165, 1.54) is 0 Å². The van der Waals surface area contributed by atoms with Crippen LogP contribution < -0.4 is 25.4 Å². The van der Waals surface area contributed by atoms with Crippen LogP contribution in [0.3, 0.4) is 0 Å². The van der Waals surface area contributed by atoms with Gasteiger partial charge in [-0.25, -0.2) is 0 Å². The molecule has 0 aliphatic carbocycles. The van der Waals surface area contributed by atoms with E-state index in [-0.39, 0.29) is 36.2 Å². The summed E-state index contributed by atoms with van der Waals surface area (Å²) in [5.74, 6) is 2.16. The molecule has 2 aromatic carbocycles. The van der Waals surface area contributed by atoms with Crippen molar-refractivity contribution in [2.24, 2.45) is 0 Å². The van der Waals surface area contributed by atoms with Gasteiger partial charge in [-0.15, -0.1) is 11.8 Å². The summed E-state index contributed by atoms with van der Waals surface area (Å²) in [6, 6.07) is 15.2. The second-order valence-corrected chi connectivity index (χ2v) is 8.10. The number of nitrogens with one attached hydrogen (secondary N) is 3. The summed E-state index contributed by atoms with van der Waals surface area (Å²) in [4.78, 5) is 24.4. The van der Waals surface area contributed by atoms with E-state index in [2.05, 4.69) is 16.0 Å². The highest BCUT2D eigenvalue weighted by Crippen LogP contribution is 2.21. The predicted octanol–water partition coefficient (Wildman–Crippen LogP) is 2.41. The molecular formula is C22H27N3O4S. The van der Waals surface area contributed by atoms with Gasteiger partial charge in [0.2, 0.25) is 11.8 Å². The Bertz CT molecular complexity index is 860. The molecule has 2 unspecified atom stereocenters. The number of methoxy groups -OCH3 is 2. The molecule has 1 aliphatic heterocycles. The van der Waals surface area contributed by atoms with E-state index in [4.69, 9.17) is 9.47 Å². The highest BCUT2D eigenvalue weighted by Gasteiger charge is 2.27. The molecule has 30 heavy (non-hydrogen) atoms. The van der Waals surface area contributed by atoms with E-state index in [0.717, 1.165) is 22.6 Å². The number of carbonyl (C=O) groups excluding carboxylic acids is 2. The second-order valence-electron chi connectivity index (χ2n) is 7.01. The summed E-state index contributed by atoms with van der Waals surface area (Å²) >= 11 is 1.58. The minimum atomic E-state index is -0.239. The van der Waals surface area contributed by atoms with Gasteiger partial charge >= 0.3 is 0 Å². The number of amides is 2. The average Bonchev–Trinajstić information content (AvgIpc) is 2.76. The van der Waals surface area contributed by atoms with Crippen LogP contribution in [0.4, 0.5) is 0 Å². The summed E-state index contributed by atoms with van der Waals surface area (Å²) in [5.41, 5.74) is 1.86. The summed E-state index contributed by atoms with van der Waals surface area (Å²) in [6.45, 7) is 0.440. The van der Waals surface area contributed by atoms with E-state index in [1.807, 2.05) is 48.5 Å². The Morgan fingerprint density at radius 1 is 1.10 bits per heavy atom. The Balaban J connectivity index is 1.45. The van der Waals surface area contributed by atoms with Crippen LogP contribution in [0.1, 0.15) is 24.0 Å². The third kappa shape index (κ3) is 6.67. The lowest BCUT2D eigenvalue weighted by Gasteiger charge is -2.31. The van der Waals surface area contributed by atoms with Gasteiger partial charge in [-0.05, 0) is 35.4 Å². The maximum atomic E-state index is 12.3. The third-order valence-electron chi connectivity index (χ3n) is 4.74. The Kier molecular flexibility index (Phi) is 7.98. The number of ether oxygens (including phenoxy) is 2. The van der Waals surface area contributed by atoms with Crippen molar-refractivity contribution in [3.05, 3.63) is 59.7 Å². The van der Waals surface area contributed by atoms with Gasteiger partial charge in [0, 0.05) is 31.2 Å². The third-order valence-corrected chi connectivity index (χ3v) is 5.83. The summed E-state index contributed by atoms with van der Waals surface area (Å²) in [5, 5.41) is 9.19. The zero-order valence-electron chi connectivity index (χ0n) is 17.1. The van der Waals surface area contributed by atoms with Crippen molar-refractivity contribution >= 4 is 23.6 Å². The molecule has 0 aromatic heterocycles. The molecule has 1 heterocycles. The van der Waals surface area contributed by atoms with Gasteiger partial charge in [0.05, 0.1) is 14.2 Å². The molecule has 1 saturated heterocycles. The molecule has 1 fully saturated rings. The topological polar surface area (TPSA) is 88.7 Å². The van der Waals surface area contributed by atoms with Crippen molar-refractivity contribution in [1.82, 2.24) is 16.0 Å². The van der Waals surface area contributed by atoms with Gasteiger partial charge < -0.3 is 20.1 Å². The van der Waals surface area contributed by atoms with Crippen molar-refractivity contribution in [2.75, 3.05) is 14.2 Å². The Morgan fingerprint density at radius 3 is 2.60 bits per heavy atom. The van der Waals surface area contributed by atoms with Gasteiger partial charge in [0.25, 0.3) is 0 Å². The number of hydrogen-bond acceptors (Lipinski definition) is 6. The first-order valence-corrected chi connectivity index (χ1v) is 10.8. The lowest BCUT2D eigenvalue weighted by atomic mass is 10.1. The molecule has 0 bridgehead atoms. The monoisotopic (exact) mass is 429 g/mol. The first-order valence-electron chi connectivity index (χ1n) is 9.75. The fourth-order valence-corrected chi connectivity index (χ4v) is 4.19. The summed E-state index contributed by atoms with van der Waals surface area (Å²) in [6.07, 6.45) is 0.534. The molecule has 0 spiro atoms. The quantitative estimate of drug-likeness (QED) is 0.567. The van der Waals surface area contributed by atoms with Crippen LogP contribution in [0.15, 0.2) is 48.5 Å². The molecule has 1 aliphatic rings. The van der Waals surface area contributed by atoms with Crippen LogP contribution in [-0.2, 0) is 21.9 Å². The molecule has 3 rings (SSSR count). The highest BCUT2D eigenvalue weighted by molar-refractivity contribution is 7.99. The van der Waals surface area contributed by atoms with Crippen molar-refractivity contribution in [3.63, 3.8) is 0 Å². The second kappa shape index (κ2) is 10.9. The fourth-order valence-electron chi connectivity index (χ4n) is 3.15. The molecule has 2 atom stereocenters. The largest absolute Gasteiger partial charge is 0.497 e. The first kappa shape index (κ1) is 22.0. The standard InChI is InChI=1S/C22H27N3O4S/c1-28-18-8-6-15(7-9-18)13-23-20(26)11-17-12-21(27)25-22(24-17)30-14-16-4-3-5-19(10-16)29-2/h3-10,17,22,24H,11-14H2,1-2H3,(H,23,26)(H,25,27). The normalized spacial score (nSPS) is 18.4. The zero-order valence-corrected chi connectivity index (χ0v) is 18.0. The smallest absolute Gasteiger partial charge is 0.223 e. The average molecular weight is 430 g/mol. The van der Waals surface area contributed by atoms with Crippen molar-refractivity contribution in [2.45, 2.75) is 36.7 Å². The minimum absolute atomic E-state index is 0.0511. The number of thioether (sulfide) groups is 1. The summed E-state index contributed by atoms with van der Waals surface area (Å²) in [7, 11) is 3.26. The molecule has 2 aromatic rings. The molecule has 2 amide bonds. The SMILES string of the molecule is COc1ccc(CNC(=O)CC2CC(=O)NC(SCc3cccc(OC)c3)N2)cc1. The van der Waals surface area contributed by atoms with E-state index in [1.54, 1.807) is 26.0 Å². The van der Waals surface area contributed by atoms with Crippen LogP contribution in [0.2, 0.25) is 0 Å². The molecule has 160 valence electrons. The van der Waals surface area contributed by atoms with Crippen molar-refractivity contribution in [1.29, 1.82) is 0 Å². The lowest BCUT2D eigenvalue weighted by Crippen LogP contribution is -2.55. The van der Waals surface area contributed by atoms with E-state index < -0.39 is 0 Å².